The zero-order valence-corrected chi connectivity index (χ0v) is 12.8. The van der Waals surface area contributed by atoms with Gasteiger partial charge in [0.15, 0.2) is 0 Å². The van der Waals surface area contributed by atoms with Gasteiger partial charge in [-0.15, -0.1) is 0 Å². The molecule has 1 aliphatic rings. The molecule has 0 spiro atoms. The van der Waals surface area contributed by atoms with E-state index in [1.54, 1.807) is 22.7 Å². The number of halogens is 2. The molecule has 0 aliphatic carbocycles. The van der Waals surface area contributed by atoms with Gasteiger partial charge in [-0.3, -0.25) is 9.20 Å². The minimum Gasteiger partial charge on any atom is -0.465 e. The van der Waals surface area contributed by atoms with Crippen molar-refractivity contribution >= 4 is 29.2 Å². The van der Waals surface area contributed by atoms with Crippen LogP contribution in [0.4, 0.5) is 9.18 Å². The summed E-state index contributed by atoms with van der Waals surface area (Å²) < 4.78 is 15.0. The highest BCUT2D eigenvalue weighted by Gasteiger charge is 2.36. The van der Waals surface area contributed by atoms with Crippen molar-refractivity contribution in [3.63, 3.8) is 0 Å². The molecule has 1 aliphatic heterocycles. The summed E-state index contributed by atoms with van der Waals surface area (Å²) >= 11 is 6.09. The molecular weight excluding hydrogens is 337 g/mol. The third-order valence-corrected chi connectivity index (χ3v) is 4.33. The first-order chi connectivity index (χ1) is 11.5. The van der Waals surface area contributed by atoms with E-state index < -0.39 is 17.8 Å². The van der Waals surface area contributed by atoms with Gasteiger partial charge >= 0.3 is 6.09 Å². The number of hydrogen-bond donors (Lipinski definition) is 1. The van der Waals surface area contributed by atoms with Crippen LogP contribution < -0.4 is 0 Å². The fourth-order valence-corrected chi connectivity index (χ4v) is 3.19. The van der Waals surface area contributed by atoms with Gasteiger partial charge in [-0.25, -0.2) is 19.1 Å². The zero-order valence-electron chi connectivity index (χ0n) is 12.0. The molecule has 3 heterocycles. The van der Waals surface area contributed by atoms with Gasteiger partial charge in [0.2, 0.25) is 0 Å². The quantitative estimate of drug-likeness (QED) is 0.733. The van der Waals surface area contributed by atoms with Gasteiger partial charge in [0.25, 0.3) is 5.91 Å². The number of fused-ring (bicyclic) bond motifs is 2. The minimum atomic E-state index is -1.33. The molecule has 4 rings (SSSR count). The Labute approximate surface area is 139 Å². The lowest BCUT2D eigenvalue weighted by atomic mass is 10.0. The van der Waals surface area contributed by atoms with E-state index in [0.717, 1.165) is 0 Å². The van der Waals surface area contributed by atoms with E-state index >= 15 is 0 Å². The van der Waals surface area contributed by atoms with Crippen molar-refractivity contribution in [2.24, 2.45) is 0 Å². The highest BCUT2D eigenvalue weighted by atomic mass is 35.5. The summed E-state index contributed by atoms with van der Waals surface area (Å²) in [6.45, 7) is -0.0895. The fraction of sp³-hybridized carbons (Fsp3) is 0.0625. The number of carbonyl (C=O) groups excluding carboxylic acids is 1. The third-order valence-electron chi connectivity index (χ3n) is 4.02. The van der Waals surface area contributed by atoms with E-state index in [1.165, 1.54) is 18.3 Å². The van der Waals surface area contributed by atoms with Crippen LogP contribution in [0.1, 0.15) is 15.9 Å². The lowest BCUT2D eigenvalue weighted by Crippen LogP contribution is -2.29. The number of rotatable bonds is 1. The normalized spacial score (nSPS) is 13.6. The van der Waals surface area contributed by atoms with Gasteiger partial charge in [-0.2, -0.15) is 0 Å². The zero-order chi connectivity index (χ0) is 17.0. The maximum atomic E-state index is 13.3. The van der Waals surface area contributed by atoms with Crippen molar-refractivity contribution < 1.29 is 19.1 Å². The van der Waals surface area contributed by atoms with E-state index in [9.17, 15) is 19.1 Å². The summed E-state index contributed by atoms with van der Waals surface area (Å²) in [5, 5.41) is 9.37. The first-order valence-corrected chi connectivity index (χ1v) is 7.34. The van der Waals surface area contributed by atoms with Crippen molar-refractivity contribution in [2.45, 2.75) is 6.54 Å². The molecule has 1 N–H and O–H groups in total. The van der Waals surface area contributed by atoms with E-state index in [2.05, 4.69) is 4.98 Å². The van der Waals surface area contributed by atoms with Crippen molar-refractivity contribution in [2.75, 3.05) is 0 Å². The highest BCUT2D eigenvalue weighted by Crippen LogP contribution is 2.37. The van der Waals surface area contributed by atoms with Crippen LogP contribution in [-0.4, -0.2) is 31.4 Å². The molecule has 24 heavy (non-hydrogen) atoms. The lowest BCUT2D eigenvalue weighted by molar-refractivity contribution is 0.0764. The lowest BCUT2D eigenvalue weighted by Gasteiger charge is -2.09. The van der Waals surface area contributed by atoms with Crippen LogP contribution in [0.15, 0.2) is 36.7 Å². The molecule has 2 aromatic heterocycles. The number of hydrogen-bond acceptors (Lipinski definition) is 3. The van der Waals surface area contributed by atoms with Gasteiger partial charge in [0, 0.05) is 17.8 Å². The van der Waals surface area contributed by atoms with Crippen LogP contribution in [0.3, 0.4) is 0 Å². The molecule has 0 fully saturated rings. The highest BCUT2D eigenvalue weighted by molar-refractivity contribution is 6.35. The van der Waals surface area contributed by atoms with Crippen LogP contribution in [0.2, 0.25) is 5.02 Å². The molecule has 8 heteroatoms. The molecule has 0 atom stereocenters. The second-order valence-corrected chi connectivity index (χ2v) is 5.75. The summed E-state index contributed by atoms with van der Waals surface area (Å²) in [5.41, 5.74) is 2.35. The molecule has 120 valence electrons. The predicted octanol–water partition coefficient (Wildman–Crippen LogP) is 3.43. The van der Waals surface area contributed by atoms with Crippen LogP contribution in [-0.2, 0) is 6.54 Å². The number of nitrogens with zero attached hydrogens (tertiary/aromatic N) is 3. The second kappa shape index (κ2) is 5.04. The average molecular weight is 346 g/mol. The Balaban J connectivity index is 1.95. The van der Waals surface area contributed by atoms with Gasteiger partial charge in [-0.1, -0.05) is 17.7 Å². The predicted molar refractivity (Wildman–Crippen MR) is 83.5 cm³/mol. The molecule has 1 aromatic carbocycles. The Kier molecular flexibility index (Phi) is 3.07. The number of benzene rings is 1. The van der Waals surface area contributed by atoms with E-state index in [1.807, 2.05) is 0 Å². The smallest absolute Gasteiger partial charge is 0.414 e. The SMILES string of the molecule is O=C(O)N1Cc2c(-c3cnc4cc(F)ccn34)ccc(Cl)c2C1=O. The Hall–Kier alpha value is -2.93. The van der Waals surface area contributed by atoms with Crippen molar-refractivity contribution in [3.05, 3.63) is 58.6 Å². The minimum absolute atomic E-state index is 0.0895. The van der Waals surface area contributed by atoms with E-state index in [0.29, 0.717) is 27.4 Å². The van der Waals surface area contributed by atoms with Gasteiger partial charge in [0.1, 0.15) is 11.5 Å². The molecule has 0 radical (unpaired) electrons. The second-order valence-electron chi connectivity index (χ2n) is 5.34. The molecule has 2 amide bonds. The molecule has 0 saturated carbocycles. The summed E-state index contributed by atoms with van der Waals surface area (Å²) in [5.74, 6) is -1.06. The average Bonchev–Trinajstić information content (AvgIpc) is 3.09. The monoisotopic (exact) mass is 345 g/mol. The maximum absolute atomic E-state index is 13.3. The molecule has 0 unspecified atom stereocenters. The number of imide groups is 1. The fourth-order valence-electron chi connectivity index (χ4n) is 2.93. The molecular formula is C16H9ClFN3O3. The van der Waals surface area contributed by atoms with Crippen LogP contribution in [0.25, 0.3) is 16.9 Å². The van der Waals surface area contributed by atoms with Crippen LogP contribution >= 0.6 is 11.6 Å². The van der Waals surface area contributed by atoms with Gasteiger partial charge in [-0.05, 0) is 17.7 Å². The largest absolute Gasteiger partial charge is 0.465 e. The summed E-state index contributed by atoms with van der Waals surface area (Å²) in [6.07, 6.45) is 1.74. The number of aromatic nitrogens is 2. The summed E-state index contributed by atoms with van der Waals surface area (Å²) in [7, 11) is 0. The number of carboxylic acid groups (broad SMARTS) is 1. The molecule has 6 nitrogen and oxygen atoms in total. The van der Waals surface area contributed by atoms with Crippen LogP contribution in [0.5, 0.6) is 0 Å². The topological polar surface area (TPSA) is 74.9 Å². The number of amides is 2. The third kappa shape index (κ3) is 1.98. The number of carbonyl (C=O) groups is 2. The Morgan fingerprint density at radius 3 is 2.88 bits per heavy atom. The Bertz CT molecular complexity index is 1030. The molecule has 3 aromatic rings. The summed E-state index contributed by atoms with van der Waals surface area (Å²) in [4.78, 5) is 28.4. The van der Waals surface area contributed by atoms with Gasteiger partial charge < -0.3 is 5.11 Å². The van der Waals surface area contributed by atoms with Crippen molar-refractivity contribution in [3.8, 4) is 11.3 Å². The van der Waals surface area contributed by atoms with Gasteiger partial charge in [0.05, 0.1) is 29.0 Å². The molecule has 0 bridgehead atoms. The maximum Gasteiger partial charge on any atom is 0.414 e. The first-order valence-electron chi connectivity index (χ1n) is 6.96. The standard InChI is InChI=1S/C16H9ClFN3O3/c17-11-2-1-9(10-7-21(16(23)24)15(22)14(10)11)12-6-19-13-5-8(18)3-4-20(12)13/h1-6H,7H2,(H,23,24). The number of imidazole rings is 1. The molecule has 0 saturated heterocycles. The Morgan fingerprint density at radius 1 is 1.33 bits per heavy atom. The number of pyridine rings is 1. The first kappa shape index (κ1) is 14.6. The van der Waals surface area contributed by atoms with Crippen molar-refractivity contribution in [1.82, 2.24) is 14.3 Å². The Morgan fingerprint density at radius 2 is 2.12 bits per heavy atom. The van der Waals surface area contributed by atoms with Crippen LogP contribution in [0, 0.1) is 5.82 Å². The summed E-state index contributed by atoms with van der Waals surface area (Å²) in [6, 6.07) is 5.83. The van der Waals surface area contributed by atoms with E-state index in [4.69, 9.17) is 11.6 Å². The van der Waals surface area contributed by atoms with E-state index in [-0.39, 0.29) is 17.1 Å². The van der Waals surface area contributed by atoms with Crippen molar-refractivity contribution in [1.29, 1.82) is 0 Å².